The number of pyridine rings is 1. The second kappa shape index (κ2) is 6.09. The van der Waals surface area contributed by atoms with Crippen LogP contribution in [0.15, 0.2) is 41.2 Å². The minimum absolute atomic E-state index is 0.1000. The van der Waals surface area contributed by atoms with Crippen LogP contribution in [0.4, 0.5) is 0 Å². The van der Waals surface area contributed by atoms with Gasteiger partial charge in [0.05, 0.1) is 0 Å². The van der Waals surface area contributed by atoms with E-state index in [1.54, 1.807) is 0 Å². The molecule has 0 fully saturated rings. The quantitative estimate of drug-likeness (QED) is 0.867. The summed E-state index contributed by atoms with van der Waals surface area (Å²) in [5.41, 5.74) is 1.94. The summed E-state index contributed by atoms with van der Waals surface area (Å²) in [6.45, 7) is 2.50. The highest BCUT2D eigenvalue weighted by atomic mass is 16.5. The van der Waals surface area contributed by atoms with Crippen LogP contribution in [0.25, 0.3) is 0 Å². The van der Waals surface area contributed by atoms with Crippen molar-refractivity contribution in [1.29, 1.82) is 0 Å². The molecular formula is C15H17NO3. The molecule has 0 unspecified atom stereocenters. The Morgan fingerprint density at radius 3 is 2.47 bits per heavy atom. The fraction of sp³-hybridized carbons (Fsp3) is 0.267. The lowest BCUT2D eigenvalue weighted by Crippen LogP contribution is -2.06. The monoisotopic (exact) mass is 259 g/mol. The number of H-pyrrole nitrogens is 1. The lowest BCUT2D eigenvalue weighted by Gasteiger charge is -2.07. The lowest BCUT2D eigenvalue weighted by molar-refractivity contribution is 0.291. The molecule has 4 nitrogen and oxygen atoms in total. The molecule has 1 aromatic heterocycles. The van der Waals surface area contributed by atoms with Crippen molar-refractivity contribution >= 4 is 0 Å². The smallest absolute Gasteiger partial charge is 0.254 e. The zero-order chi connectivity index (χ0) is 13.7. The number of aromatic hydroxyl groups is 1. The predicted molar refractivity (Wildman–Crippen MR) is 73.5 cm³/mol. The van der Waals surface area contributed by atoms with Gasteiger partial charge >= 0.3 is 0 Å². The van der Waals surface area contributed by atoms with Crippen LogP contribution in [0.3, 0.4) is 0 Å². The van der Waals surface area contributed by atoms with Crippen molar-refractivity contribution in [3.63, 3.8) is 0 Å². The van der Waals surface area contributed by atoms with Crippen molar-refractivity contribution in [2.75, 3.05) is 0 Å². The van der Waals surface area contributed by atoms with Gasteiger partial charge in [-0.3, -0.25) is 9.78 Å². The number of benzene rings is 1. The number of hydrogen-bond donors (Lipinski definition) is 2. The molecule has 1 heterocycles. The van der Waals surface area contributed by atoms with Gasteiger partial charge in [0, 0.05) is 12.1 Å². The molecule has 0 radical (unpaired) electrons. The van der Waals surface area contributed by atoms with Crippen molar-refractivity contribution < 1.29 is 9.84 Å². The van der Waals surface area contributed by atoms with E-state index < -0.39 is 0 Å². The Kier molecular flexibility index (Phi) is 4.23. The third kappa shape index (κ3) is 3.88. The molecule has 100 valence electrons. The van der Waals surface area contributed by atoms with Gasteiger partial charge in [-0.1, -0.05) is 37.6 Å². The first-order valence-corrected chi connectivity index (χ1v) is 6.31. The van der Waals surface area contributed by atoms with Gasteiger partial charge in [-0.05, 0) is 17.5 Å². The summed E-state index contributed by atoms with van der Waals surface area (Å²) in [6.07, 6.45) is 2.20. The molecule has 0 aliphatic rings. The van der Waals surface area contributed by atoms with E-state index in [9.17, 15) is 9.90 Å². The number of ether oxygens (including phenoxy) is 1. The molecule has 0 saturated heterocycles. The lowest BCUT2D eigenvalue weighted by atomic mass is 10.1. The molecule has 2 aromatic rings. The maximum absolute atomic E-state index is 11.1. The Labute approximate surface area is 111 Å². The summed E-state index contributed by atoms with van der Waals surface area (Å²) in [7, 11) is 0. The van der Waals surface area contributed by atoms with Crippen LogP contribution in [0, 0.1) is 0 Å². The highest BCUT2D eigenvalue weighted by molar-refractivity contribution is 5.26. The third-order valence-corrected chi connectivity index (χ3v) is 2.76. The molecule has 4 heteroatoms. The van der Waals surface area contributed by atoms with E-state index in [4.69, 9.17) is 4.74 Å². The van der Waals surface area contributed by atoms with E-state index in [-0.39, 0.29) is 17.2 Å². The highest BCUT2D eigenvalue weighted by Gasteiger charge is 2.00. The number of aryl methyl sites for hydroxylation is 1. The minimum Gasteiger partial charge on any atom is -0.508 e. The predicted octanol–water partition coefficient (Wildman–Crippen LogP) is 2.61. The molecule has 0 spiro atoms. The molecule has 0 aliphatic carbocycles. The van der Waals surface area contributed by atoms with Gasteiger partial charge in [0.2, 0.25) is 0 Å². The van der Waals surface area contributed by atoms with Crippen molar-refractivity contribution in [3.8, 4) is 11.6 Å². The topological polar surface area (TPSA) is 62.3 Å². The van der Waals surface area contributed by atoms with Gasteiger partial charge in [-0.25, -0.2) is 0 Å². The fourth-order valence-corrected chi connectivity index (χ4v) is 1.83. The third-order valence-electron chi connectivity index (χ3n) is 2.76. The van der Waals surface area contributed by atoms with E-state index in [0.29, 0.717) is 6.61 Å². The molecule has 0 amide bonds. The van der Waals surface area contributed by atoms with Gasteiger partial charge in [-0.15, -0.1) is 0 Å². The fourth-order valence-electron chi connectivity index (χ4n) is 1.83. The van der Waals surface area contributed by atoms with Crippen LogP contribution in [0.1, 0.15) is 24.5 Å². The van der Waals surface area contributed by atoms with Crippen molar-refractivity contribution in [2.24, 2.45) is 0 Å². The summed E-state index contributed by atoms with van der Waals surface area (Å²) >= 11 is 0. The summed E-state index contributed by atoms with van der Waals surface area (Å²) in [5, 5.41) is 9.29. The Hall–Kier alpha value is -2.23. The van der Waals surface area contributed by atoms with Crippen molar-refractivity contribution in [1.82, 2.24) is 4.98 Å². The zero-order valence-electron chi connectivity index (χ0n) is 10.8. The van der Waals surface area contributed by atoms with Crippen molar-refractivity contribution in [3.05, 3.63) is 57.9 Å². The minimum atomic E-state index is -0.381. The maximum Gasteiger partial charge on any atom is 0.254 e. The second-order valence-corrected chi connectivity index (χ2v) is 4.42. The molecule has 0 saturated carbocycles. The van der Waals surface area contributed by atoms with Gasteiger partial charge < -0.3 is 9.84 Å². The van der Waals surface area contributed by atoms with Crippen LogP contribution >= 0.6 is 0 Å². The Morgan fingerprint density at radius 2 is 1.84 bits per heavy atom. The van der Waals surface area contributed by atoms with E-state index in [2.05, 4.69) is 24.0 Å². The van der Waals surface area contributed by atoms with Gasteiger partial charge in [-0.2, -0.15) is 0 Å². The number of aromatic amines is 1. The summed E-state index contributed by atoms with van der Waals surface area (Å²) < 4.78 is 5.44. The highest BCUT2D eigenvalue weighted by Crippen LogP contribution is 2.14. The Balaban J connectivity index is 1.99. The van der Waals surface area contributed by atoms with Gasteiger partial charge in [0.25, 0.3) is 5.56 Å². The Bertz CT molecular complexity index is 587. The largest absolute Gasteiger partial charge is 0.508 e. The first-order valence-electron chi connectivity index (χ1n) is 6.31. The summed E-state index contributed by atoms with van der Waals surface area (Å²) in [5.74, 6) is 0.166. The number of nitrogens with one attached hydrogen (secondary N) is 1. The maximum atomic E-state index is 11.1. The van der Waals surface area contributed by atoms with E-state index in [1.165, 1.54) is 11.6 Å². The Morgan fingerprint density at radius 1 is 1.16 bits per heavy atom. The number of aromatic nitrogens is 1. The molecule has 19 heavy (non-hydrogen) atoms. The van der Waals surface area contributed by atoms with Crippen LogP contribution in [0.5, 0.6) is 11.6 Å². The normalized spacial score (nSPS) is 10.4. The molecular weight excluding hydrogens is 242 g/mol. The van der Waals surface area contributed by atoms with Crippen LogP contribution in [-0.4, -0.2) is 10.1 Å². The van der Waals surface area contributed by atoms with E-state index >= 15 is 0 Å². The first-order chi connectivity index (χ1) is 9.17. The molecule has 2 rings (SSSR count). The molecule has 0 bridgehead atoms. The van der Waals surface area contributed by atoms with Crippen LogP contribution in [0.2, 0.25) is 0 Å². The number of rotatable bonds is 5. The first kappa shape index (κ1) is 13.2. The standard InChI is InChI=1S/C15H17NO3/c1-2-3-11-4-6-12(7-5-11)10-19-15-9-13(17)8-14(18)16-15/h4-9H,2-3,10H2,1H3,(H2,16,17,18). The van der Waals surface area contributed by atoms with Crippen LogP contribution < -0.4 is 10.3 Å². The molecule has 2 N–H and O–H groups in total. The summed E-state index contributed by atoms with van der Waals surface area (Å²) in [6, 6.07) is 10.7. The van der Waals surface area contributed by atoms with Gasteiger partial charge in [0.1, 0.15) is 12.4 Å². The SMILES string of the molecule is CCCc1ccc(COc2cc(O)cc(=O)[nH]2)cc1. The summed E-state index contributed by atoms with van der Waals surface area (Å²) in [4.78, 5) is 13.7. The second-order valence-electron chi connectivity index (χ2n) is 4.42. The molecule has 0 atom stereocenters. The van der Waals surface area contributed by atoms with Crippen LogP contribution in [-0.2, 0) is 13.0 Å². The molecule has 1 aromatic carbocycles. The molecule has 0 aliphatic heterocycles. The zero-order valence-corrected chi connectivity index (χ0v) is 10.8. The van der Waals surface area contributed by atoms with Gasteiger partial charge in [0.15, 0.2) is 5.88 Å². The van der Waals surface area contributed by atoms with E-state index in [0.717, 1.165) is 24.5 Å². The van der Waals surface area contributed by atoms with Crippen molar-refractivity contribution in [2.45, 2.75) is 26.4 Å². The number of hydrogen-bond acceptors (Lipinski definition) is 3. The van der Waals surface area contributed by atoms with E-state index in [1.807, 2.05) is 12.1 Å². The average Bonchev–Trinajstić information content (AvgIpc) is 2.37. The average molecular weight is 259 g/mol.